The number of benzene rings is 1. The molecule has 1 fully saturated rings. The number of aromatic nitrogens is 2. The summed E-state index contributed by atoms with van der Waals surface area (Å²) in [6.45, 7) is 0.716. The van der Waals surface area contributed by atoms with Crippen LogP contribution in [0.2, 0.25) is 0 Å². The molecule has 0 radical (unpaired) electrons. The Morgan fingerprint density at radius 3 is 2.55 bits per heavy atom. The van der Waals surface area contributed by atoms with E-state index in [1.54, 1.807) is 7.11 Å². The van der Waals surface area contributed by atoms with Crippen LogP contribution >= 0.6 is 0 Å². The molecule has 2 aromatic rings. The highest BCUT2D eigenvalue weighted by Crippen LogP contribution is 2.24. The van der Waals surface area contributed by atoms with Crippen LogP contribution in [-0.4, -0.2) is 35.3 Å². The van der Waals surface area contributed by atoms with Crippen molar-refractivity contribution in [1.29, 1.82) is 0 Å². The normalized spacial score (nSPS) is 16.1. The predicted molar refractivity (Wildman–Crippen MR) is 84.6 cm³/mol. The topological polar surface area (TPSA) is 51.4 Å². The van der Waals surface area contributed by atoms with Gasteiger partial charge in [-0.2, -0.15) is 0 Å². The van der Waals surface area contributed by atoms with Crippen molar-refractivity contribution in [2.24, 2.45) is 0 Å². The third-order valence-electron chi connectivity index (χ3n) is 4.39. The maximum Gasteiger partial charge on any atom is 0.247 e. The van der Waals surface area contributed by atoms with Crippen molar-refractivity contribution in [1.82, 2.24) is 15.1 Å². The van der Waals surface area contributed by atoms with Crippen LogP contribution < -0.4 is 4.74 Å². The van der Waals surface area contributed by atoms with Crippen molar-refractivity contribution in [3.63, 3.8) is 0 Å². The summed E-state index contributed by atoms with van der Waals surface area (Å²) in [6.07, 6.45) is 6.57. The van der Waals surface area contributed by atoms with Gasteiger partial charge in [-0.25, -0.2) is 0 Å². The highest BCUT2D eigenvalue weighted by molar-refractivity contribution is 5.53. The van der Waals surface area contributed by atoms with Gasteiger partial charge in [0.05, 0.1) is 13.7 Å². The van der Waals surface area contributed by atoms with Crippen LogP contribution in [0, 0.1) is 0 Å². The molecule has 3 rings (SSSR count). The molecule has 0 unspecified atom stereocenters. The molecular formula is C17H23N3O2. The lowest BCUT2D eigenvalue weighted by Gasteiger charge is -2.29. The molecule has 0 bridgehead atoms. The number of hydrogen-bond donors (Lipinski definition) is 0. The Kier molecular flexibility index (Phi) is 4.73. The van der Waals surface area contributed by atoms with Gasteiger partial charge in [0.1, 0.15) is 5.75 Å². The van der Waals surface area contributed by atoms with E-state index in [9.17, 15) is 0 Å². The number of rotatable bonds is 5. The monoisotopic (exact) mass is 301 g/mol. The average molecular weight is 301 g/mol. The minimum atomic E-state index is 0.565. The van der Waals surface area contributed by atoms with Crippen molar-refractivity contribution in [3.05, 3.63) is 30.2 Å². The lowest BCUT2D eigenvalue weighted by atomic mass is 9.94. The van der Waals surface area contributed by atoms with E-state index in [2.05, 4.69) is 22.1 Å². The van der Waals surface area contributed by atoms with Gasteiger partial charge in [0, 0.05) is 11.6 Å². The largest absolute Gasteiger partial charge is 0.497 e. The second-order valence-corrected chi connectivity index (χ2v) is 5.94. The first-order valence-electron chi connectivity index (χ1n) is 7.93. The zero-order chi connectivity index (χ0) is 15.4. The van der Waals surface area contributed by atoms with Crippen molar-refractivity contribution in [3.8, 4) is 17.2 Å². The van der Waals surface area contributed by atoms with E-state index < -0.39 is 0 Å². The van der Waals surface area contributed by atoms with Crippen LogP contribution in [0.15, 0.2) is 28.7 Å². The highest BCUT2D eigenvalue weighted by atomic mass is 16.5. The molecule has 1 aliphatic carbocycles. The standard InChI is InChI=1S/C17H23N3O2/c1-20(14-6-4-3-5-7-14)12-16-18-19-17(22-16)13-8-10-15(21-2)11-9-13/h8-11,14H,3-7,12H2,1-2H3. The first-order valence-corrected chi connectivity index (χ1v) is 7.93. The maximum atomic E-state index is 5.80. The molecular weight excluding hydrogens is 278 g/mol. The summed E-state index contributed by atoms with van der Waals surface area (Å²) < 4.78 is 11.0. The molecule has 0 aliphatic heterocycles. The molecule has 0 amide bonds. The van der Waals surface area contributed by atoms with Crippen LogP contribution in [0.5, 0.6) is 5.75 Å². The summed E-state index contributed by atoms with van der Waals surface area (Å²) in [5, 5.41) is 8.34. The van der Waals surface area contributed by atoms with E-state index in [0.717, 1.165) is 11.3 Å². The Labute approximate surface area is 131 Å². The quantitative estimate of drug-likeness (QED) is 0.846. The van der Waals surface area contributed by atoms with Gasteiger partial charge in [-0.15, -0.1) is 10.2 Å². The van der Waals surface area contributed by atoms with Gasteiger partial charge in [0.15, 0.2) is 0 Å². The van der Waals surface area contributed by atoms with Gasteiger partial charge >= 0.3 is 0 Å². The van der Waals surface area contributed by atoms with Crippen LogP contribution in [0.1, 0.15) is 38.0 Å². The fourth-order valence-electron chi connectivity index (χ4n) is 3.03. The second-order valence-electron chi connectivity index (χ2n) is 5.94. The Morgan fingerprint density at radius 2 is 1.86 bits per heavy atom. The maximum absolute atomic E-state index is 5.80. The van der Waals surface area contributed by atoms with E-state index in [0.29, 0.717) is 24.4 Å². The Balaban J connectivity index is 1.64. The highest BCUT2D eigenvalue weighted by Gasteiger charge is 2.20. The molecule has 0 saturated heterocycles. The lowest BCUT2D eigenvalue weighted by Crippen LogP contribution is -2.32. The first-order chi connectivity index (χ1) is 10.8. The summed E-state index contributed by atoms with van der Waals surface area (Å²) in [5.74, 6) is 2.06. The van der Waals surface area contributed by atoms with E-state index >= 15 is 0 Å². The van der Waals surface area contributed by atoms with Crippen molar-refractivity contribution < 1.29 is 9.15 Å². The number of hydrogen-bond acceptors (Lipinski definition) is 5. The van der Waals surface area contributed by atoms with Crippen molar-refractivity contribution in [2.75, 3.05) is 14.2 Å². The number of ether oxygens (including phenoxy) is 1. The second kappa shape index (κ2) is 6.92. The molecule has 0 N–H and O–H groups in total. The van der Waals surface area contributed by atoms with Crippen molar-refractivity contribution >= 4 is 0 Å². The third-order valence-corrected chi connectivity index (χ3v) is 4.39. The van der Waals surface area contributed by atoms with Crippen LogP contribution in [0.25, 0.3) is 11.5 Å². The average Bonchev–Trinajstić information content (AvgIpc) is 3.04. The molecule has 0 atom stereocenters. The fourth-order valence-corrected chi connectivity index (χ4v) is 3.03. The van der Waals surface area contributed by atoms with Gasteiger partial charge in [0.25, 0.3) is 0 Å². The lowest BCUT2D eigenvalue weighted by molar-refractivity contribution is 0.170. The Morgan fingerprint density at radius 1 is 1.14 bits per heavy atom. The summed E-state index contributed by atoms with van der Waals surface area (Å²) in [7, 11) is 3.80. The smallest absolute Gasteiger partial charge is 0.247 e. The molecule has 1 saturated carbocycles. The molecule has 0 spiro atoms. The van der Waals surface area contributed by atoms with E-state index in [4.69, 9.17) is 9.15 Å². The first kappa shape index (κ1) is 15.0. The molecule has 1 aromatic heterocycles. The van der Waals surface area contributed by atoms with Crippen LogP contribution in [0.4, 0.5) is 0 Å². The molecule has 1 aliphatic rings. The Bertz CT molecular complexity index is 588. The minimum Gasteiger partial charge on any atom is -0.497 e. The van der Waals surface area contributed by atoms with Crippen LogP contribution in [0.3, 0.4) is 0 Å². The zero-order valence-electron chi connectivity index (χ0n) is 13.3. The zero-order valence-corrected chi connectivity index (χ0v) is 13.3. The molecule has 118 valence electrons. The third kappa shape index (κ3) is 3.47. The molecule has 1 aromatic carbocycles. The van der Waals surface area contributed by atoms with E-state index in [1.807, 2.05) is 24.3 Å². The summed E-state index contributed by atoms with van der Waals surface area (Å²) in [5.41, 5.74) is 0.917. The van der Waals surface area contributed by atoms with Gasteiger partial charge in [0.2, 0.25) is 11.8 Å². The SMILES string of the molecule is COc1ccc(-c2nnc(CN(C)C3CCCCC3)o2)cc1. The minimum absolute atomic E-state index is 0.565. The molecule has 5 heteroatoms. The van der Waals surface area contributed by atoms with E-state index in [-0.39, 0.29) is 0 Å². The summed E-state index contributed by atoms with van der Waals surface area (Å²) in [4.78, 5) is 2.34. The molecule has 22 heavy (non-hydrogen) atoms. The Hall–Kier alpha value is -1.88. The van der Waals surface area contributed by atoms with Gasteiger partial charge in [-0.05, 0) is 44.2 Å². The van der Waals surface area contributed by atoms with Gasteiger partial charge < -0.3 is 9.15 Å². The van der Waals surface area contributed by atoms with E-state index in [1.165, 1.54) is 32.1 Å². The van der Waals surface area contributed by atoms with Gasteiger partial charge in [-0.1, -0.05) is 19.3 Å². The number of methoxy groups -OCH3 is 1. The van der Waals surface area contributed by atoms with Gasteiger partial charge in [-0.3, -0.25) is 4.90 Å². The summed E-state index contributed by atoms with van der Waals surface area (Å²) in [6, 6.07) is 8.30. The predicted octanol–water partition coefficient (Wildman–Crippen LogP) is 3.51. The molecule has 5 nitrogen and oxygen atoms in total. The van der Waals surface area contributed by atoms with Crippen LogP contribution in [-0.2, 0) is 6.54 Å². The summed E-state index contributed by atoms with van der Waals surface area (Å²) >= 11 is 0. The fraction of sp³-hybridized carbons (Fsp3) is 0.529. The van der Waals surface area contributed by atoms with Crippen molar-refractivity contribution in [2.45, 2.75) is 44.7 Å². The molecule has 1 heterocycles. The number of nitrogens with zero attached hydrogens (tertiary/aromatic N) is 3.